The second-order valence-electron chi connectivity index (χ2n) is 5.13. The van der Waals surface area contributed by atoms with E-state index in [1.54, 1.807) is 44.9 Å². The van der Waals surface area contributed by atoms with E-state index in [0.717, 1.165) is 0 Å². The third-order valence-electron chi connectivity index (χ3n) is 2.95. The van der Waals surface area contributed by atoms with Gasteiger partial charge in [0.2, 0.25) is 0 Å². The van der Waals surface area contributed by atoms with Gasteiger partial charge < -0.3 is 5.73 Å². The molecule has 1 heterocycles. The molecule has 19 heavy (non-hydrogen) atoms. The molecule has 0 bridgehead atoms. The third kappa shape index (κ3) is 4.50. The molecule has 0 aliphatic carbocycles. The minimum Gasteiger partial charge on any atom is -0.326 e. The van der Waals surface area contributed by atoms with Crippen LogP contribution in [-0.2, 0) is 7.05 Å². The SMILES string of the molecule is CC(N)C(c1cnn(C)c1)N(CC(F)(F)F)C(C)C. The van der Waals surface area contributed by atoms with E-state index >= 15 is 0 Å². The highest BCUT2D eigenvalue weighted by atomic mass is 19.4. The molecule has 0 saturated carbocycles. The first-order valence-electron chi connectivity index (χ1n) is 6.18. The summed E-state index contributed by atoms with van der Waals surface area (Å²) in [6.45, 7) is 4.20. The molecule has 1 aromatic rings. The first-order chi connectivity index (χ1) is 8.61. The van der Waals surface area contributed by atoms with Gasteiger partial charge in [-0.25, -0.2) is 0 Å². The highest BCUT2D eigenvalue weighted by Gasteiger charge is 2.37. The molecule has 0 aliphatic heterocycles. The Morgan fingerprint density at radius 3 is 2.26 bits per heavy atom. The summed E-state index contributed by atoms with van der Waals surface area (Å²) in [5.41, 5.74) is 6.59. The Labute approximate surface area is 111 Å². The molecule has 0 aliphatic rings. The minimum absolute atomic E-state index is 0.266. The predicted octanol–water partition coefficient (Wildman–Crippen LogP) is 2.08. The topological polar surface area (TPSA) is 47.1 Å². The van der Waals surface area contributed by atoms with Crippen LogP contribution in [0, 0.1) is 0 Å². The standard InChI is InChI=1S/C12H21F3N4/c1-8(2)19(7-12(13,14)15)11(9(3)16)10-5-17-18(4)6-10/h5-6,8-9,11H,7,16H2,1-4H3. The van der Waals surface area contributed by atoms with Gasteiger partial charge in [0.15, 0.2) is 0 Å². The van der Waals surface area contributed by atoms with Crippen molar-refractivity contribution in [2.24, 2.45) is 12.8 Å². The molecule has 0 amide bonds. The molecule has 1 rings (SSSR count). The van der Waals surface area contributed by atoms with Crippen LogP contribution in [-0.4, -0.2) is 39.5 Å². The van der Waals surface area contributed by atoms with Crippen molar-refractivity contribution in [1.82, 2.24) is 14.7 Å². The molecular formula is C12H21F3N4. The maximum atomic E-state index is 12.7. The number of halogens is 3. The highest BCUT2D eigenvalue weighted by molar-refractivity contribution is 5.13. The number of alkyl halides is 3. The number of aryl methyl sites for hydroxylation is 1. The van der Waals surface area contributed by atoms with Crippen LogP contribution < -0.4 is 5.73 Å². The van der Waals surface area contributed by atoms with Crippen LogP contribution in [0.15, 0.2) is 12.4 Å². The summed E-state index contributed by atoms with van der Waals surface area (Å²) < 4.78 is 39.7. The monoisotopic (exact) mass is 278 g/mol. The van der Waals surface area contributed by atoms with Crippen molar-refractivity contribution in [3.8, 4) is 0 Å². The summed E-state index contributed by atoms with van der Waals surface area (Å²) in [4.78, 5) is 1.36. The zero-order chi connectivity index (χ0) is 14.8. The lowest BCUT2D eigenvalue weighted by Crippen LogP contribution is -2.47. The lowest BCUT2D eigenvalue weighted by atomic mass is 10.0. The van der Waals surface area contributed by atoms with E-state index in [4.69, 9.17) is 5.73 Å². The van der Waals surface area contributed by atoms with Crippen LogP contribution in [0.4, 0.5) is 13.2 Å². The van der Waals surface area contributed by atoms with Gasteiger partial charge in [-0.3, -0.25) is 9.58 Å². The zero-order valence-corrected chi connectivity index (χ0v) is 11.6. The molecule has 2 atom stereocenters. The quantitative estimate of drug-likeness (QED) is 0.897. The summed E-state index contributed by atoms with van der Waals surface area (Å²) in [5.74, 6) is 0. The number of hydrogen-bond donors (Lipinski definition) is 1. The molecular weight excluding hydrogens is 257 g/mol. The van der Waals surface area contributed by atoms with Gasteiger partial charge in [-0.2, -0.15) is 18.3 Å². The van der Waals surface area contributed by atoms with Crippen LogP contribution in [0.25, 0.3) is 0 Å². The lowest BCUT2D eigenvalue weighted by Gasteiger charge is -2.37. The van der Waals surface area contributed by atoms with Gasteiger partial charge in [0, 0.05) is 30.9 Å². The van der Waals surface area contributed by atoms with E-state index in [-0.39, 0.29) is 6.04 Å². The fraction of sp³-hybridized carbons (Fsp3) is 0.750. The van der Waals surface area contributed by atoms with Crippen molar-refractivity contribution in [2.75, 3.05) is 6.54 Å². The van der Waals surface area contributed by atoms with Crippen molar-refractivity contribution >= 4 is 0 Å². The van der Waals surface area contributed by atoms with Gasteiger partial charge >= 0.3 is 6.18 Å². The molecule has 2 unspecified atom stereocenters. The van der Waals surface area contributed by atoms with Crippen molar-refractivity contribution in [1.29, 1.82) is 0 Å². The predicted molar refractivity (Wildman–Crippen MR) is 67.5 cm³/mol. The molecule has 0 spiro atoms. The molecule has 0 radical (unpaired) electrons. The highest BCUT2D eigenvalue weighted by Crippen LogP contribution is 2.29. The second-order valence-corrected chi connectivity index (χ2v) is 5.13. The van der Waals surface area contributed by atoms with E-state index in [9.17, 15) is 13.2 Å². The van der Waals surface area contributed by atoms with E-state index in [1.165, 1.54) is 4.90 Å². The van der Waals surface area contributed by atoms with Crippen LogP contribution in [0.1, 0.15) is 32.4 Å². The van der Waals surface area contributed by atoms with Gasteiger partial charge in [0.25, 0.3) is 0 Å². The van der Waals surface area contributed by atoms with Gasteiger partial charge in [-0.05, 0) is 20.8 Å². The summed E-state index contributed by atoms with van der Waals surface area (Å²) >= 11 is 0. The Balaban J connectivity index is 3.06. The zero-order valence-electron chi connectivity index (χ0n) is 11.6. The maximum absolute atomic E-state index is 12.7. The van der Waals surface area contributed by atoms with Crippen molar-refractivity contribution < 1.29 is 13.2 Å². The Bertz CT molecular complexity index is 398. The van der Waals surface area contributed by atoms with Crippen molar-refractivity contribution in [3.05, 3.63) is 18.0 Å². The van der Waals surface area contributed by atoms with Gasteiger partial charge in [-0.15, -0.1) is 0 Å². The van der Waals surface area contributed by atoms with Crippen molar-refractivity contribution in [3.63, 3.8) is 0 Å². The number of nitrogens with zero attached hydrogens (tertiary/aromatic N) is 3. The van der Waals surface area contributed by atoms with E-state index in [1.807, 2.05) is 0 Å². The molecule has 1 aromatic heterocycles. The normalized spacial score (nSPS) is 16.1. The first-order valence-corrected chi connectivity index (χ1v) is 6.18. The average Bonchev–Trinajstić information content (AvgIpc) is 2.61. The Hall–Kier alpha value is -1.08. The first kappa shape index (κ1) is 16.0. The maximum Gasteiger partial charge on any atom is 0.401 e. The van der Waals surface area contributed by atoms with E-state index < -0.39 is 24.8 Å². The average molecular weight is 278 g/mol. The second kappa shape index (κ2) is 5.92. The summed E-state index contributed by atoms with van der Waals surface area (Å²) in [6, 6.07) is -1.19. The number of nitrogens with two attached hydrogens (primary N) is 1. The molecule has 2 N–H and O–H groups in total. The molecule has 0 aromatic carbocycles. The molecule has 4 nitrogen and oxygen atoms in total. The third-order valence-corrected chi connectivity index (χ3v) is 2.95. The number of aromatic nitrogens is 2. The minimum atomic E-state index is -4.25. The molecule has 110 valence electrons. The Kier molecular flexibility index (Phi) is 4.98. The molecule has 7 heteroatoms. The summed E-state index contributed by atoms with van der Waals surface area (Å²) in [7, 11) is 1.73. The summed E-state index contributed by atoms with van der Waals surface area (Å²) in [5, 5.41) is 4.01. The Morgan fingerprint density at radius 1 is 1.37 bits per heavy atom. The molecule has 0 fully saturated rings. The van der Waals surface area contributed by atoms with Crippen LogP contribution in [0.3, 0.4) is 0 Å². The fourth-order valence-electron chi connectivity index (χ4n) is 2.20. The van der Waals surface area contributed by atoms with Gasteiger partial charge in [0.1, 0.15) is 0 Å². The molecule has 0 saturated heterocycles. The van der Waals surface area contributed by atoms with E-state index in [0.29, 0.717) is 5.56 Å². The van der Waals surface area contributed by atoms with Crippen LogP contribution in [0.5, 0.6) is 0 Å². The van der Waals surface area contributed by atoms with Crippen molar-refractivity contribution in [2.45, 2.75) is 45.1 Å². The van der Waals surface area contributed by atoms with E-state index in [2.05, 4.69) is 5.10 Å². The fourth-order valence-corrected chi connectivity index (χ4v) is 2.20. The number of rotatable bonds is 5. The lowest BCUT2D eigenvalue weighted by molar-refractivity contribution is -0.156. The largest absolute Gasteiger partial charge is 0.401 e. The smallest absolute Gasteiger partial charge is 0.326 e. The van der Waals surface area contributed by atoms with Gasteiger partial charge in [-0.1, -0.05) is 0 Å². The number of hydrogen-bond acceptors (Lipinski definition) is 3. The van der Waals surface area contributed by atoms with Crippen LogP contribution >= 0.6 is 0 Å². The van der Waals surface area contributed by atoms with Crippen LogP contribution in [0.2, 0.25) is 0 Å². The Morgan fingerprint density at radius 2 is 1.95 bits per heavy atom. The van der Waals surface area contributed by atoms with Gasteiger partial charge in [0.05, 0.1) is 18.8 Å². The summed E-state index contributed by atoms with van der Waals surface area (Å²) in [6.07, 6.45) is -0.973.